The predicted octanol–water partition coefficient (Wildman–Crippen LogP) is 4.76. The van der Waals surface area contributed by atoms with Crippen molar-refractivity contribution in [1.29, 1.82) is 0 Å². The molecule has 1 aromatic heterocycles. The number of benzene rings is 1. The number of hydrogen-bond acceptors (Lipinski definition) is 4. The van der Waals surface area contributed by atoms with Crippen LogP contribution in [-0.4, -0.2) is 34.1 Å². The van der Waals surface area contributed by atoms with Crippen molar-refractivity contribution in [3.63, 3.8) is 0 Å². The summed E-state index contributed by atoms with van der Waals surface area (Å²) in [5, 5.41) is 10.6. The highest BCUT2D eigenvalue weighted by molar-refractivity contribution is 6.33. The number of amides is 1. The largest absolute Gasteiger partial charge is 0.416 e. The van der Waals surface area contributed by atoms with Crippen molar-refractivity contribution in [3.8, 4) is 0 Å². The Bertz CT molecular complexity index is 826. The number of aromatic nitrogens is 2. The standard InChI is InChI=1S/C18H18ClF3N4O/c1-11-3-2-8-26(10-11)17(27)14-6-7-16(25-24-14)23-15-9-12(18(20,21)22)4-5-13(15)19/h4-7,9,11H,2-3,8,10H2,1H3,(H,23,25). The van der Waals surface area contributed by atoms with Crippen molar-refractivity contribution in [3.05, 3.63) is 46.6 Å². The van der Waals surface area contributed by atoms with Crippen LogP contribution in [0.2, 0.25) is 5.02 Å². The van der Waals surface area contributed by atoms with E-state index in [1.807, 2.05) is 0 Å². The zero-order valence-corrected chi connectivity index (χ0v) is 15.3. The molecule has 1 atom stereocenters. The first-order valence-corrected chi connectivity index (χ1v) is 8.88. The summed E-state index contributed by atoms with van der Waals surface area (Å²) in [5.41, 5.74) is -0.567. The minimum Gasteiger partial charge on any atom is -0.338 e. The van der Waals surface area contributed by atoms with E-state index in [-0.39, 0.29) is 28.1 Å². The highest BCUT2D eigenvalue weighted by Crippen LogP contribution is 2.34. The number of halogens is 4. The molecule has 9 heteroatoms. The molecule has 0 aliphatic carbocycles. The molecule has 5 nitrogen and oxygen atoms in total. The molecule has 1 unspecified atom stereocenters. The van der Waals surface area contributed by atoms with Gasteiger partial charge in [-0.15, -0.1) is 10.2 Å². The number of carbonyl (C=O) groups excluding carboxylic acids is 1. The van der Waals surface area contributed by atoms with Crippen LogP contribution < -0.4 is 5.32 Å². The van der Waals surface area contributed by atoms with Crippen LogP contribution in [0, 0.1) is 5.92 Å². The highest BCUT2D eigenvalue weighted by atomic mass is 35.5. The fraction of sp³-hybridized carbons (Fsp3) is 0.389. The number of rotatable bonds is 3. The van der Waals surface area contributed by atoms with Crippen molar-refractivity contribution in [1.82, 2.24) is 15.1 Å². The molecule has 1 aliphatic heterocycles. The minimum absolute atomic E-state index is 0.0599. The van der Waals surface area contributed by atoms with Crippen molar-refractivity contribution >= 4 is 29.0 Å². The van der Waals surface area contributed by atoms with Gasteiger partial charge in [-0.1, -0.05) is 18.5 Å². The number of piperidine rings is 1. The molecule has 27 heavy (non-hydrogen) atoms. The molecule has 1 aromatic carbocycles. The van der Waals surface area contributed by atoms with Crippen LogP contribution >= 0.6 is 11.6 Å². The Labute approximate surface area is 159 Å². The number of anilines is 2. The first-order chi connectivity index (χ1) is 12.7. The number of nitrogens with zero attached hydrogens (tertiary/aromatic N) is 3. The molecule has 1 fully saturated rings. The summed E-state index contributed by atoms with van der Waals surface area (Å²) in [6.45, 7) is 3.46. The number of likely N-dealkylation sites (tertiary alicyclic amines) is 1. The van der Waals surface area contributed by atoms with Gasteiger partial charge < -0.3 is 10.2 Å². The zero-order valence-electron chi connectivity index (χ0n) is 14.6. The molecule has 3 rings (SSSR count). The number of carbonyl (C=O) groups is 1. The topological polar surface area (TPSA) is 58.1 Å². The minimum atomic E-state index is -4.48. The van der Waals surface area contributed by atoms with Gasteiger partial charge in [0.25, 0.3) is 5.91 Å². The summed E-state index contributed by atoms with van der Waals surface area (Å²) >= 11 is 5.95. The van der Waals surface area contributed by atoms with Crippen LogP contribution in [0.4, 0.5) is 24.7 Å². The van der Waals surface area contributed by atoms with Gasteiger partial charge in [-0.25, -0.2) is 0 Å². The lowest BCUT2D eigenvalue weighted by molar-refractivity contribution is -0.137. The van der Waals surface area contributed by atoms with Gasteiger partial charge in [0.1, 0.15) is 0 Å². The molecule has 2 aromatic rings. The van der Waals surface area contributed by atoms with Gasteiger partial charge in [0.05, 0.1) is 16.3 Å². The molecule has 1 amide bonds. The van der Waals surface area contributed by atoms with Crippen LogP contribution in [0.3, 0.4) is 0 Å². The maximum absolute atomic E-state index is 12.8. The summed E-state index contributed by atoms with van der Waals surface area (Å²) in [7, 11) is 0. The van der Waals surface area contributed by atoms with Crippen molar-refractivity contribution in [2.24, 2.45) is 5.92 Å². The fourth-order valence-electron chi connectivity index (χ4n) is 2.98. The normalized spacial score (nSPS) is 17.7. The lowest BCUT2D eigenvalue weighted by Crippen LogP contribution is -2.39. The first-order valence-electron chi connectivity index (χ1n) is 8.51. The second kappa shape index (κ2) is 7.72. The van der Waals surface area contributed by atoms with E-state index in [4.69, 9.17) is 11.6 Å². The average molecular weight is 399 g/mol. The molecule has 0 spiro atoms. The predicted molar refractivity (Wildman–Crippen MR) is 96.1 cm³/mol. The Balaban J connectivity index is 1.74. The molecule has 1 N–H and O–H groups in total. The molecule has 1 aliphatic rings. The van der Waals surface area contributed by atoms with Crippen molar-refractivity contribution in [2.75, 3.05) is 18.4 Å². The molecular weight excluding hydrogens is 381 g/mol. The number of nitrogens with one attached hydrogen (secondary N) is 1. The Morgan fingerprint density at radius 3 is 2.67 bits per heavy atom. The summed E-state index contributed by atoms with van der Waals surface area (Å²) in [6.07, 6.45) is -2.43. The Morgan fingerprint density at radius 1 is 1.26 bits per heavy atom. The summed E-state index contributed by atoms with van der Waals surface area (Å²) in [4.78, 5) is 14.2. The van der Waals surface area contributed by atoms with Gasteiger partial charge in [0.15, 0.2) is 11.5 Å². The van der Waals surface area contributed by atoms with Crippen LogP contribution in [0.25, 0.3) is 0 Å². The molecule has 0 bridgehead atoms. The van der Waals surface area contributed by atoms with E-state index < -0.39 is 11.7 Å². The average Bonchev–Trinajstić information content (AvgIpc) is 2.62. The van der Waals surface area contributed by atoms with Gasteiger partial charge in [-0.3, -0.25) is 4.79 Å². The van der Waals surface area contributed by atoms with Crippen LogP contribution in [-0.2, 0) is 6.18 Å². The third-order valence-corrected chi connectivity index (χ3v) is 4.71. The second-order valence-corrected chi connectivity index (χ2v) is 7.03. The first kappa shape index (κ1) is 19.4. The lowest BCUT2D eigenvalue weighted by Gasteiger charge is -2.30. The van der Waals surface area contributed by atoms with E-state index >= 15 is 0 Å². The quantitative estimate of drug-likeness (QED) is 0.809. The fourth-order valence-corrected chi connectivity index (χ4v) is 3.15. The van der Waals surface area contributed by atoms with Crippen LogP contribution in [0.15, 0.2) is 30.3 Å². The third kappa shape index (κ3) is 4.68. The summed E-state index contributed by atoms with van der Waals surface area (Å²) < 4.78 is 38.5. The SMILES string of the molecule is CC1CCCN(C(=O)c2ccc(Nc3cc(C(F)(F)F)ccc3Cl)nn2)C1. The molecule has 0 saturated carbocycles. The smallest absolute Gasteiger partial charge is 0.338 e. The lowest BCUT2D eigenvalue weighted by atomic mass is 10.00. The number of hydrogen-bond donors (Lipinski definition) is 1. The van der Waals surface area contributed by atoms with E-state index in [1.54, 1.807) is 4.90 Å². The van der Waals surface area contributed by atoms with E-state index in [9.17, 15) is 18.0 Å². The van der Waals surface area contributed by atoms with Crippen molar-refractivity contribution in [2.45, 2.75) is 25.9 Å². The van der Waals surface area contributed by atoms with Crippen LogP contribution in [0.5, 0.6) is 0 Å². The molecular formula is C18H18ClF3N4O. The van der Waals surface area contributed by atoms with Gasteiger partial charge in [-0.05, 0) is 49.1 Å². The van der Waals surface area contributed by atoms with Crippen LogP contribution in [0.1, 0.15) is 35.8 Å². The van der Waals surface area contributed by atoms with E-state index in [2.05, 4.69) is 22.4 Å². The van der Waals surface area contributed by atoms with Gasteiger partial charge >= 0.3 is 6.18 Å². The second-order valence-electron chi connectivity index (χ2n) is 6.62. The highest BCUT2D eigenvalue weighted by Gasteiger charge is 2.31. The Hall–Kier alpha value is -2.35. The molecule has 0 radical (unpaired) electrons. The summed E-state index contributed by atoms with van der Waals surface area (Å²) in [6, 6.07) is 5.96. The summed E-state index contributed by atoms with van der Waals surface area (Å²) in [5.74, 6) is 0.442. The van der Waals surface area contributed by atoms with E-state index in [0.29, 0.717) is 19.0 Å². The molecule has 144 valence electrons. The van der Waals surface area contributed by atoms with Gasteiger partial charge in [0.2, 0.25) is 0 Å². The van der Waals surface area contributed by atoms with Gasteiger partial charge in [-0.2, -0.15) is 13.2 Å². The third-order valence-electron chi connectivity index (χ3n) is 4.38. The van der Waals surface area contributed by atoms with E-state index in [1.165, 1.54) is 12.1 Å². The Morgan fingerprint density at radius 2 is 2.04 bits per heavy atom. The number of alkyl halides is 3. The molecule has 1 saturated heterocycles. The maximum Gasteiger partial charge on any atom is 0.416 e. The maximum atomic E-state index is 12.8. The monoisotopic (exact) mass is 398 g/mol. The molecule has 2 heterocycles. The zero-order chi connectivity index (χ0) is 19.6. The van der Waals surface area contributed by atoms with Gasteiger partial charge in [0, 0.05) is 13.1 Å². The van der Waals surface area contributed by atoms with Crippen molar-refractivity contribution < 1.29 is 18.0 Å². The Kier molecular flexibility index (Phi) is 5.55. The van der Waals surface area contributed by atoms with E-state index in [0.717, 1.165) is 31.0 Å².